The fraction of sp³-hybridized carbons (Fsp3) is 0.115. The summed E-state index contributed by atoms with van der Waals surface area (Å²) in [7, 11) is 0. The van der Waals surface area contributed by atoms with E-state index in [4.69, 9.17) is 0 Å². The number of carbonyl (C=O) groups excluding carboxylic acids is 1. The van der Waals surface area contributed by atoms with Crippen LogP contribution in [0.1, 0.15) is 38.0 Å². The lowest BCUT2D eigenvalue weighted by atomic mass is 9.96. The van der Waals surface area contributed by atoms with Crippen molar-refractivity contribution >= 4 is 50.5 Å². The third-order valence-electron chi connectivity index (χ3n) is 5.27. The zero-order chi connectivity index (χ0) is 21.8. The van der Waals surface area contributed by atoms with Crippen LogP contribution in [0.5, 0.6) is 0 Å². The molecule has 0 aliphatic heterocycles. The smallest absolute Gasteiger partial charge is 0.256 e. The predicted molar refractivity (Wildman–Crippen MR) is 139 cm³/mol. The summed E-state index contributed by atoms with van der Waals surface area (Å²) in [6, 6.07) is 28.0. The van der Waals surface area contributed by atoms with E-state index in [1.54, 1.807) is 11.3 Å². The van der Waals surface area contributed by atoms with Gasteiger partial charge in [0.15, 0.2) is 0 Å². The van der Waals surface area contributed by atoms with Crippen molar-refractivity contribution in [3.05, 3.63) is 116 Å². The van der Waals surface area contributed by atoms with Crippen LogP contribution in [-0.2, 0) is 0 Å². The third-order valence-corrected chi connectivity index (χ3v) is 7.13. The van der Waals surface area contributed by atoms with E-state index < -0.39 is 0 Å². The second kappa shape index (κ2) is 9.66. The first-order valence-corrected chi connectivity index (χ1v) is 12.0. The molecule has 0 aliphatic carbocycles. The molecule has 0 fully saturated rings. The van der Waals surface area contributed by atoms with E-state index in [1.807, 2.05) is 36.4 Å². The minimum atomic E-state index is -0.0934. The fourth-order valence-electron chi connectivity index (χ4n) is 3.53. The molecule has 1 heterocycles. The Morgan fingerprint density at radius 1 is 0.871 bits per heavy atom. The van der Waals surface area contributed by atoms with E-state index in [-0.39, 0.29) is 11.9 Å². The molecule has 1 atom stereocenters. The number of benzene rings is 3. The number of hydrogen-bond donors (Lipinski definition) is 2. The standard InChI is InChI=1S/C26H23IN2OS/c1-17-18(2)31-26(29-25(30)20-11-7-4-8-12-20)23(17)24(19-9-5-3-6-10-19)28-22-15-13-21(27)14-16-22/h3-16,24,28H,1-2H3,(H,29,30)/t24-/m1/s1. The Morgan fingerprint density at radius 3 is 2.13 bits per heavy atom. The van der Waals surface area contributed by atoms with Gasteiger partial charge in [-0.2, -0.15) is 0 Å². The SMILES string of the molecule is Cc1sc(NC(=O)c2ccccc2)c([C@H](Nc2ccc(I)cc2)c2ccccc2)c1C. The highest BCUT2D eigenvalue weighted by molar-refractivity contribution is 14.1. The van der Waals surface area contributed by atoms with E-state index in [9.17, 15) is 4.79 Å². The molecule has 0 bridgehead atoms. The minimum Gasteiger partial charge on any atom is -0.374 e. The predicted octanol–water partition coefficient (Wildman–Crippen LogP) is 7.42. The van der Waals surface area contributed by atoms with Gasteiger partial charge in [0.05, 0.1) is 6.04 Å². The number of halogens is 1. The van der Waals surface area contributed by atoms with Gasteiger partial charge in [-0.1, -0.05) is 48.5 Å². The van der Waals surface area contributed by atoms with Gasteiger partial charge in [-0.15, -0.1) is 11.3 Å². The summed E-state index contributed by atoms with van der Waals surface area (Å²) in [6.45, 7) is 4.24. The molecule has 31 heavy (non-hydrogen) atoms. The summed E-state index contributed by atoms with van der Waals surface area (Å²) in [4.78, 5) is 14.1. The zero-order valence-electron chi connectivity index (χ0n) is 17.4. The number of anilines is 2. The summed E-state index contributed by atoms with van der Waals surface area (Å²) in [5.74, 6) is -0.0934. The van der Waals surface area contributed by atoms with Crippen molar-refractivity contribution in [3.8, 4) is 0 Å². The summed E-state index contributed by atoms with van der Waals surface area (Å²) < 4.78 is 1.19. The van der Waals surface area contributed by atoms with Crippen LogP contribution in [0, 0.1) is 17.4 Å². The zero-order valence-corrected chi connectivity index (χ0v) is 20.3. The Labute approximate surface area is 200 Å². The third kappa shape index (κ3) is 4.99. The Bertz CT molecular complexity index is 1170. The monoisotopic (exact) mass is 538 g/mol. The maximum atomic E-state index is 12.9. The molecule has 0 aliphatic rings. The van der Waals surface area contributed by atoms with Gasteiger partial charge in [0.2, 0.25) is 0 Å². The lowest BCUT2D eigenvalue weighted by molar-refractivity contribution is 0.102. The lowest BCUT2D eigenvalue weighted by Crippen LogP contribution is -2.17. The summed E-state index contributed by atoms with van der Waals surface area (Å²) in [5.41, 5.74) is 5.14. The maximum absolute atomic E-state index is 12.9. The van der Waals surface area contributed by atoms with Crippen LogP contribution in [-0.4, -0.2) is 5.91 Å². The van der Waals surface area contributed by atoms with Crippen molar-refractivity contribution in [2.75, 3.05) is 10.6 Å². The Hall–Kier alpha value is -2.64. The topological polar surface area (TPSA) is 41.1 Å². The number of carbonyl (C=O) groups is 1. The average molecular weight is 538 g/mol. The molecule has 0 saturated carbocycles. The molecule has 0 radical (unpaired) electrons. The maximum Gasteiger partial charge on any atom is 0.256 e. The van der Waals surface area contributed by atoms with Crippen LogP contribution in [0.15, 0.2) is 84.9 Å². The molecule has 5 heteroatoms. The second-order valence-corrected chi connectivity index (χ2v) is 9.81. The van der Waals surface area contributed by atoms with Crippen LogP contribution in [0.2, 0.25) is 0 Å². The van der Waals surface area contributed by atoms with E-state index in [1.165, 1.54) is 14.0 Å². The van der Waals surface area contributed by atoms with E-state index in [0.717, 1.165) is 21.8 Å². The van der Waals surface area contributed by atoms with Crippen molar-refractivity contribution in [1.82, 2.24) is 0 Å². The molecule has 0 unspecified atom stereocenters. The molecular formula is C26H23IN2OS. The van der Waals surface area contributed by atoms with Crippen LogP contribution < -0.4 is 10.6 Å². The number of rotatable bonds is 6. The summed E-state index contributed by atoms with van der Waals surface area (Å²) in [6.07, 6.45) is 0. The minimum absolute atomic E-state index is 0.0858. The summed E-state index contributed by atoms with van der Waals surface area (Å²) >= 11 is 3.94. The van der Waals surface area contributed by atoms with Gasteiger partial charge < -0.3 is 10.6 Å². The highest BCUT2D eigenvalue weighted by Crippen LogP contribution is 2.41. The molecule has 3 nitrogen and oxygen atoms in total. The molecule has 1 aromatic heterocycles. The molecule has 3 aromatic carbocycles. The van der Waals surface area contributed by atoms with E-state index >= 15 is 0 Å². The van der Waals surface area contributed by atoms with Gasteiger partial charge in [0.1, 0.15) is 5.00 Å². The Balaban J connectivity index is 1.75. The van der Waals surface area contributed by atoms with Gasteiger partial charge >= 0.3 is 0 Å². The first kappa shape index (κ1) is 21.6. The van der Waals surface area contributed by atoms with Gasteiger partial charge in [0, 0.05) is 25.3 Å². The van der Waals surface area contributed by atoms with Crippen molar-refractivity contribution in [3.63, 3.8) is 0 Å². The van der Waals surface area contributed by atoms with Gasteiger partial charge in [0.25, 0.3) is 5.91 Å². The van der Waals surface area contributed by atoms with Crippen molar-refractivity contribution < 1.29 is 4.79 Å². The fourth-order valence-corrected chi connectivity index (χ4v) is 4.98. The largest absolute Gasteiger partial charge is 0.374 e. The number of amides is 1. The quantitative estimate of drug-likeness (QED) is 0.251. The number of aryl methyl sites for hydroxylation is 1. The number of nitrogens with one attached hydrogen (secondary N) is 2. The van der Waals surface area contributed by atoms with Gasteiger partial charge in [-0.05, 0) is 84.0 Å². The first-order valence-electron chi connectivity index (χ1n) is 10.1. The van der Waals surface area contributed by atoms with Gasteiger partial charge in [-0.3, -0.25) is 4.79 Å². The lowest BCUT2D eigenvalue weighted by Gasteiger charge is -2.23. The Morgan fingerprint density at radius 2 is 1.48 bits per heavy atom. The molecule has 0 spiro atoms. The molecule has 0 saturated heterocycles. The van der Waals surface area contributed by atoms with Crippen LogP contribution >= 0.6 is 33.9 Å². The molecule has 156 valence electrons. The molecule has 4 aromatic rings. The van der Waals surface area contributed by atoms with Crippen molar-refractivity contribution in [2.24, 2.45) is 0 Å². The molecular weight excluding hydrogens is 515 g/mol. The average Bonchev–Trinajstić information content (AvgIpc) is 3.07. The summed E-state index contributed by atoms with van der Waals surface area (Å²) in [5, 5.41) is 7.76. The Kier molecular flexibility index (Phi) is 6.73. The van der Waals surface area contributed by atoms with Crippen LogP contribution in [0.25, 0.3) is 0 Å². The second-order valence-electron chi connectivity index (χ2n) is 7.34. The van der Waals surface area contributed by atoms with Crippen LogP contribution in [0.3, 0.4) is 0 Å². The van der Waals surface area contributed by atoms with Crippen LogP contribution in [0.4, 0.5) is 10.7 Å². The highest BCUT2D eigenvalue weighted by Gasteiger charge is 2.24. The molecule has 2 N–H and O–H groups in total. The highest BCUT2D eigenvalue weighted by atomic mass is 127. The van der Waals surface area contributed by atoms with Gasteiger partial charge in [-0.25, -0.2) is 0 Å². The van der Waals surface area contributed by atoms with E-state index in [0.29, 0.717) is 5.56 Å². The number of thiophene rings is 1. The number of hydrogen-bond acceptors (Lipinski definition) is 3. The molecule has 1 amide bonds. The molecule has 4 rings (SSSR count). The first-order chi connectivity index (χ1) is 15.0. The van der Waals surface area contributed by atoms with Crippen molar-refractivity contribution in [1.29, 1.82) is 0 Å². The van der Waals surface area contributed by atoms with E-state index in [2.05, 4.69) is 95.6 Å². The normalized spacial score (nSPS) is 11.7. The van der Waals surface area contributed by atoms with Crippen molar-refractivity contribution in [2.45, 2.75) is 19.9 Å².